The van der Waals surface area contributed by atoms with Crippen molar-refractivity contribution < 1.29 is 9.13 Å². The number of ether oxygens (including phenoxy) is 1. The van der Waals surface area contributed by atoms with E-state index >= 15 is 0 Å². The van der Waals surface area contributed by atoms with E-state index in [1.807, 2.05) is 30.6 Å². The van der Waals surface area contributed by atoms with Crippen LogP contribution in [0.3, 0.4) is 0 Å². The fraction of sp³-hybridized carbons (Fsp3) is 0.200. The molecular weight excluding hydrogens is 257 g/mol. The van der Waals surface area contributed by atoms with Gasteiger partial charge in [0.15, 0.2) is 0 Å². The molecule has 0 N–H and O–H groups in total. The van der Waals surface area contributed by atoms with E-state index < -0.39 is 0 Å². The van der Waals surface area contributed by atoms with Crippen LogP contribution in [0.4, 0.5) is 4.39 Å². The van der Waals surface area contributed by atoms with E-state index in [1.54, 1.807) is 18.3 Å². The molecule has 0 aliphatic carbocycles. The molecule has 0 unspecified atom stereocenters. The van der Waals surface area contributed by atoms with Crippen LogP contribution >= 0.6 is 0 Å². The smallest absolute Gasteiger partial charge is 0.258 e. The Bertz CT molecular complexity index is 734. The van der Waals surface area contributed by atoms with Gasteiger partial charge in [-0.05, 0) is 38.1 Å². The normalized spacial score (nSPS) is 11.2. The molecule has 0 bridgehead atoms. The molecule has 0 aliphatic rings. The third-order valence-electron chi connectivity index (χ3n) is 2.83. The van der Waals surface area contributed by atoms with Crippen molar-refractivity contribution in [3.8, 4) is 17.1 Å². The summed E-state index contributed by atoms with van der Waals surface area (Å²) in [6.07, 6.45) is 5.38. The molecule has 1 aromatic carbocycles. The maximum absolute atomic E-state index is 13.0. The summed E-state index contributed by atoms with van der Waals surface area (Å²) in [6.45, 7) is 3.88. The van der Waals surface area contributed by atoms with Crippen molar-refractivity contribution >= 4 is 5.65 Å². The number of benzene rings is 1. The minimum absolute atomic E-state index is 0.0275. The predicted octanol–water partition coefficient (Wildman–Crippen LogP) is 3.32. The lowest BCUT2D eigenvalue weighted by Crippen LogP contribution is -2.08. The van der Waals surface area contributed by atoms with Crippen molar-refractivity contribution in [2.75, 3.05) is 0 Å². The van der Waals surface area contributed by atoms with Crippen LogP contribution in [0, 0.1) is 5.82 Å². The zero-order chi connectivity index (χ0) is 14.1. The minimum Gasteiger partial charge on any atom is -0.472 e. The van der Waals surface area contributed by atoms with Gasteiger partial charge < -0.3 is 9.14 Å². The van der Waals surface area contributed by atoms with Crippen molar-refractivity contribution in [2.45, 2.75) is 20.0 Å². The lowest BCUT2D eigenvalue weighted by atomic mass is 10.2. The Morgan fingerprint density at radius 2 is 1.95 bits per heavy atom. The van der Waals surface area contributed by atoms with Crippen LogP contribution in [0.2, 0.25) is 0 Å². The third-order valence-corrected chi connectivity index (χ3v) is 2.83. The Balaban J connectivity index is 2.08. The number of nitrogens with zero attached hydrogens (tertiary/aromatic N) is 3. The molecule has 0 saturated carbocycles. The molecule has 3 aromatic rings. The average molecular weight is 271 g/mol. The molecule has 20 heavy (non-hydrogen) atoms. The van der Waals surface area contributed by atoms with Gasteiger partial charge in [-0.15, -0.1) is 0 Å². The fourth-order valence-electron chi connectivity index (χ4n) is 1.96. The number of fused-ring (bicyclic) bond motifs is 1. The zero-order valence-electron chi connectivity index (χ0n) is 11.2. The highest BCUT2D eigenvalue weighted by molar-refractivity contribution is 5.64. The number of imidazole rings is 1. The van der Waals surface area contributed by atoms with Crippen molar-refractivity contribution in [3.05, 3.63) is 48.7 Å². The van der Waals surface area contributed by atoms with Crippen LogP contribution in [-0.4, -0.2) is 20.5 Å². The molecule has 4 nitrogen and oxygen atoms in total. The Labute approximate surface area is 115 Å². The average Bonchev–Trinajstić information content (AvgIpc) is 2.84. The van der Waals surface area contributed by atoms with Gasteiger partial charge in [0.05, 0.1) is 11.8 Å². The molecule has 2 heterocycles. The molecule has 3 rings (SSSR count). The van der Waals surface area contributed by atoms with Gasteiger partial charge in [0.2, 0.25) is 5.65 Å². The van der Waals surface area contributed by atoms with Crippen molar-refractivity contribution in [1.29, 1.82) is 0 Å². The molecule has 0 spiro atoms. The van der Waals surface area contributed by atoms with Gasteiger partial charge in [-0.2, -0.15) is 0 Å². The number of hydrogen-bond donors (Lipinski definition) is 0. The summed E-state index contributed by atoms with van der Waals surface area (Å²) in [5.74, 6) is 0.235. The number of aromatic nitrogens is 3. The summed E-state index contributed by atoms with van der Waals surface area (Å²) in [4.78, 5) is 8.72. The Morgan fingerprint density at radius 1 is 1.20 bits per heavy atom. The Kier molecular flexibility index (Phi) is 3.10. The number of hydrogen-bond acceptors (Lipinski definition) is 3. The molecule has 5 heteroatoms. The first-order valence-electron chi connectivity index (χ1n) is 6.40. The van der Waals surface area contributed by atoms with Crippen LogP contribution in [0.5, 0.6) is 5.88 Å². The summed E-state index contributed by atoms with van der Waals surface area (Å²) < 4.78 is 20.5. The molecule has 0 radical (unpaired) electrons. The summed E-state index contributed by atoms with van der Waals surface area (Å²) in [5.41, 5.74) is 2.26. The van der Waals surface area contributed by atoms with Crippen LogP contribution < -0.4 is 4.74 Å². The molecular formula is C15H14FN3O. The molecule has 0 atom stereocenters. The molecule has 0 amide bonds. The summed E-state index contributed by atoms with van der Waals surface area (Å²) in [6, 6.07) is 6.24. The molecule has 2 aromatic heterocycles. The quantitative estimate of drug-likeness (QED) is 0.733. The van der Waals surface area contributed by atoms with Crippen molar-refractivity contribution in [3.63, 3.8) is 0 Å². The van der Waals surface area contributed by atoms with Gasteiger partial charge in [0.25, 0.3) is 5.88 Å². The molecule has 0 saturated heterocycles. The van der Waals surface area contributed by atoms with Gasteiger partial charge in [-0.3, -0.25) is 0 Å². The lowest BCUT2D eigenvalue weighted by Gasteiger charge is -2.08. The second kappa shape index (κ2) is 4.92. The Hall–Kier alpha value is -2.43. The number of rotatable bonds is 3. The zero-order valence-corrected chi connectivity index (χ0v) is 11.2. The highest BCUT2D eigenvalue weighted by Crippen LogP contribution is 2.23. The second-order valence-electron chi connectivity index (χ2n) is 4.76. The molecule has 0 aliphatic heterocycles. The topological polar surface area (TPSA) is 39.4 Å². The van der Waals surface area contributed by atoms with Gasteiger partial charge in [0.1, 0.15) is 5.82 Å². The van der Waals surface area contributed by atoms with E-state index in [-0.39, 0.29) is 11.9 Å². The Morgan fingerprint density at radius 3 is 2.65 bits per heavy atom. The first kappa shape index (κ1) is 12.6. The van der Waals surface area contributed by atoms with Crippen LogP contribution in [-0.2, 0) is 0 Å². The van der Waals surface area contributed by atoms with E-state index in [0.717, 1.165) is 11.3 Å². The SMILES string of the molecule is CC(C)Oc1nccn2cc(-c3ccc(F)cc3)nc12. The van der Waals surface area contributed by atoms with E-state index in [1.165, 1.54) is 12.1 Å². The monoisotopic (exact) mass is 271 g/mol. The standard InChI is InChI=1S/C15H14FN3O/c1-10(2)20-15-14-18-13(9-19(14)8-7-17-15)11-3-5-12(16)6-4-11/h3-10H,1-2H3. The van der Waals surface area contributed by atoms with Crippen LogP contribution in [0.15, 0.2) is 42.9 Å². The highest BCUT2D eigenvalue weighted by atomic mass is 19.1. The van der Waals surface area contributed by atoms with E-state index in [4.69, 9.17) is 4.74 Å². The largest absolute Gasteiger partial charge is 0.472 e. The third kappa shape index (κ3) is 2.34. The molecule has 102 valence electrons. The van der Waals surface area contributed by atoms with Gasteiger partial charge in [0, 0.05) is 24.2 Å². The maximum Gasteiger partial charge on any atom is 0.258 e. The van der Waals surface area contributed by atoms with E-state index in [2.05, 4.69) is 9.97 Å². The van der Waals surface area contributed by atoms with Crippen LogP contribution in [0.25, 0.3) is 16.9 Å². The van der Waals surface area contributed by atoms with Gasteiger partial charge in [-0.25, -0.2) is 14.4 Å². The lowest BCUT2D eigenvalue weighted by molar-refractivity contribution is 0.234. The van der Waals surface area contributed by atoms with Crippen LogP contribution in [0.1, 0.15) is 13.8 Å². The second-order valence-corrected chi connectivity index (χ2v) is 4.76. The summed E-state index contributed by atoms with van der Waals surface area (Å²) >= 11 is 0. The minimum atomic E-state index is -0.261. The van der Waals surface area contributed by atoms with E-state index in [9.17, 15) is 4.39 Å². The van der Waals surface area contributed by atoms with E-state index in [0.29, 0.717) is 11.5 Å². The predicted molar refractivity (Wildman–Crippen MR) is 74.1 cm³/mol. The fourth-order valence-corrected chi connectivity index (χ4v) is 1.96. The molecule has 0 fully saturated rings. The van der Waals surface area contributed by atoms with Crippen molar-refractivity contribution in [2.24, 2.45) is 0 Å². The summed E-state index contributed by atoms with van der Waals surface area (Å²) in [7, 11) is 0. The summed E-state index contributed by atoms with van der Waals surface area (Å²) in [5, 5.41) is 0. The van der Waals surface area contributed by atoms with Crippen molar-refractivity contribution in [1.82, 2.24) is 14.4 Å². The first-order chi connectivity index (χ1) is 9.63. The highest BCUT2D eigenvalue weighted by Gasteiger charge is 2.11. The van der Waals surface area contributed by atoms with Gasteiger partial charge >= 0.3 is 0 Å². The number of halogens is 1. The van der Waals surface area contributed by atoms with Gasteiger partial charge in [-0.1, -0.05) is 0 Å². The first-order valence-corrected chi connectivity index (χ1v) is 6.40. The maximum atomic E-state index is 13.0.